The van der Waals surface area contributed by atoms with E-state index in [4.69, 9.17) is 0 Å². The fourth-order valence-electron chi connectivity index (χ4n) is 11.6. The molecule has 11 aromatic carbocycles. The molecule has 71 heavy (non-hydrogen) atoms. The smallest absolute Gasteiger partial charge is 0.0541 e. The van der Waals surface area contributed by atoms with Crippen LogP contribution < -0.4 is 0 Å². The summed E-state index contributed by atoms with van der Waals surface area (Å²) in [6.45, 7) is 4.73. The minimum atomic E-state index is -0.0753. The maximum absolute atomic E-state index is 2.44. The van der Waals surface area contributed by atoms with E-state index in [0.29, 0.717) is 0 Å². The van der Waals surface area contributed by atoms with Gasteiger partial charge in [-0.3, -0.25) is 0 Å². The first-order valence-electron chi connectivity index (χ1n) is 24.6. The summed E-state index contributed by atoms with van der Waals surface area (Å²) in [6, 6.07) is 92.4. The van der Waals surface area contributed by atoms with Gasteiger partial charge in [0.1, 0.15) is 0 Å². The molecule has 13 aromatic rings. The van der Waals surface area contributed by atoms with Crippen LogP contribution in [0.2, 0.25) is 0 Å². The van der Waals surface area contributed by atoms with E-state index in [1.165, 1.54) is 131 Å². The quantitative estimate of drug-likeness (QED) is 0.150. The van der Waals surface area contributed by atoms with Gasteiger partial charge in [0.25, 0.3) is 0 Å². The topological polar surface area (TPSA) is 4.93 Å². The lowest BCUT2D eigenvalue weighted by molar-refractivity contribution is 0.660. The highest BCUT2D eigenvalue weighted by Crippen LogP contribution is 2.50. The second-order valence-electron chi connectivity index (χ2n) is 19.6. The highest BCUT2D eigenvalue weighted by atomic mass is 32.1. The van der Waals surface area contributed by atoms with E-state index >= 15 is 0 Å². The second kappa shape index (κ2) is 16.3. The van der Waals surface area contributed by atoms with Crippen LogP contribution in [0.4, 0.5) is 0 Å². The Kier molecular flexibility index (Phi) is 9.49. The number of hydrogen-bond acceptors (Lipinski definition) is 1. The lowest BCUT2D eigenvalue weighted by Gasteiger charge is -2.22. The normalized spacial score (nSPS) is 12.8. The Bertz CT molecular complexity index is 4230. The van der Waals surface area contributed by atoms with Gasteiger partial charge in [-0.2, -0.15) is 0 Å². The van der Waals surface area contributed by atoms with Gasteiger partial charge in [-0.15, -0.1) is 11.3 Å². The zero-order chi connectivity index (χ0) is 47.2. The van der Waals surface area contributed by atoms with Crippen LogP contribution in [-0.4, -0.2) is 4.57 Å². The molecule has 0 N–H and O–H groups in total. The molecule has 0 unspecified atom stereocenters. The van der Waals surface area contributed by atoms with Gasteiger partial charge in [-0.05, 0) is 156 Å². The highest BCUT2D eigenvalue weighted by molar-refractivity contribution is 7.26. The summed E-state index contributed by atoms with van der Waals surface area (Å²) in [5.41, 5.74) is 23.5. The van der Waals surface area contributed by atoms with Gasteiger partial charge in [0.05, 0.1) is 11.0 Å². The van der Waals surface area contributed by atoms with Crippen LogP contribution in [0.25, 0.3) is 126 Å². The Hall–Kier alpha value is -8.56. The molecule has 0 saturated heterocycles. The Balaban J connectivity index is 0.972. The van der Waals surface area contributed by atoms with E-state index < -0.39 is 0 Å². The molecule has 334 valence electrons. The average Bonchev–Trinajstić information content (AvgIpc) is 4.06. The number of nitrogens with zero attached hydrogens (tertiary/aromatic N) is 1. The average molecular weight is 922 g/mol. The molecule has 1 nitrogen and oxygen atoms in total. The van der Waals surface area contributed by atoms with Crippen LogP contribution in [0.5, 0.6) is 0 Å². The Morgan fingerprint density at radius 1 is 0.282 bits per heavy atom. The molecule has 0 spiro atoms. The largest absolute Gasteiger partial charge is 0.309 e. The first-order valence-corrected chi connectivity index (χ1v) is 25.5. The minimum Gasteiger partial charge on any atom is -0.309 e. The third-order valence-corrected chi connectivity index (χ3v) is 16.5. The van der Waals surface area contributed by atoms with Crippen molar-refractivity contribution in [3.8, 4) is 83.6 Å². The molecule has 0 bridgehead atoms. The fraction of sp³-hybridized carbons (Fsp3) is 0.0435. The van der Waals surface area contributed by atoms with Crippen molar-refractivity contribution in [1.29, 1.82) is 0 Å². The van der Waals surface area contributed by atoms with Crippen LogP contribution in [0.3, 0.4) is 0 Å². The number of hydrogen-bond donors (Lipinski definition) is 0. The van der Waals surface area contributed by atoms with Crippen LogP contribution in [-0.2, 0) is 5.41 Å². The molecule has 2 aromatic heterocycles. The molecule has 0 fully saturated rings. The van der Waals surface area contributed by atoms with E-state index in [9.17, 15) is 0 Å². The SMILES string of the molecule is CC1(C)c2ccccc2-c2ccc(-c3ccc4c(c3)c3cc(-c5cc(-c6cccc(-c7ccccc7)c6)cc(-c6cccc7c6sc6c(-c8ccccc8)cccc67)c5)ccc3n4-c3ccccc3)cc21. The van der Waals surface area contributed by atoms with Crippen molar-refractivity contribution < 1.29 is 0 Å². The predicted molar refractivity (Wildman–Crippen MR) is 304 cm³/mol. The van der Waals surface area contributed by atoms with Crippen LogP contribution in [0.15, 0.2) is 249 Å². The summed E-state index contributed by atoms with van der Waals surface area (Å²) in [7, 11) is 0. The van der Waals surface area contributed by atoms with Gasteiger partial charge in [0.15, 0.2) is 0 Å². The molecule has 0 saturated carbocycles. The molecule has 0 aliphatic heterocycles. The van der Waals surface area contributed by atoms with Crippen molar-refractivity contribution in [1.82, 2.24) is 4.57 Å². The van der Waals surface area contributed by atoms with Crippen molar-refractivity contribution >= 4 is 53.3 Å². The first kappa shape index (κ1) is 41.4. The maximum Gasteiger partial charge on any atom is 0.0541 e. The van der Waals surface area contributed by atoms with Crippen LogP contribution in [0, 0.1) is 0 Å². The van der Waals surface area contributed by atoms with E-state index in [1.54, 1.807) is 0 Å². The van der Waals surface area contributed by atoms with Gasteiger partial charge >= 0.3 is 0 Å². The van der Waals surface area contributed by atoms with Gasteiger partial charge in [0, 0.05) is 42.0 Å². The van der Waals surface area contributed by atoms with Gasteiger partial charge < -0.3 is 4.57 Å². The van der Waals surface area contributed by atoms with Gasteiger partial charge in [-0.1, -0.05) is 196 Å². The van der Waals surface area contributed by atoms with Crippen molar-refractivity contribution in [3.63, 3.8) is 0 Å². The Morgan fingerprint density at radius 3 is 1.38 bits per heavy atom. The molecular formula is C69H47NS. The number of rotatable bonds is 7. The highest BCUT2D eigenvalue weighted by Gasteiger charge is 2.35. The lowest BCUT2D eigenvalue weighted by Crippen LogP contribution is -2.14. The summed E-state index contributed by atoms with van der Waals surface area (Å²) in [5, 5.41) is 5.06. The third kappa shape index (κ3) is 6.74. The molecule has 1 aliphatic carbocycles. The second-order valence-corrected chi connectivity index (χ2v) is 20.7. The van der Waals surface area contributed by atoms with E-state index in [2.05, 4.69) is 267 Å². The molecule has 0 atom stereocenters. The van der Waals surface area contributed by atoms with Crippen molar-refractivity contribution in [2.24, 2.45) is 0 Å². The number of benzene rings is 11. The summed E-state index contributed by atoms with van der Waals surface area (Å²) in [5.74, 6) is 0. The zero-order valence-corrected chi connectivity index (χ0v) is 40.3. The summed E-state index contributed by atoms with van der Waals surface area (Å²) < 4.78 is 5.06. The van der Waals surface area contributed by atoms with Gasteiger partial charge in [0.2, 0.25) is 0 Å². The predicted octanol–water partition coefficient (Wildman–Crippen LogP) is 19.5. The van der Waals surface area contributed by atoms with Crippen LogP contribution in [0.1, 0.15) is 25.0 Å². The molecule has 2 heteroatoms. The minimum absolute atomic E-state index is 0.0753. The maximum atomic E-state index is 2.44. The van der Waals surface area contributed by atoms with Crippen molar-refractivity contribution in [2.75, 3.05) is 0 Å². The Labute approximate surface area is 418 Å². The van der Waals surface area contributed by atoms with Crippen molar-refractivity contribution in [3.05, 3.63) is 260 Å². The fourth-order valence-corrected chi connectivity index (χ4v) is 13.0. The zero-order valence-electron chi connectivity index (χ0n) is 39.5. The molecule has 1 aliphatic rings. The first-order chi connectivity index (χ1) is 34.9. The molecule has 14 rings (SSSR count). The van der Waals surface area contributed by atoms with E-state index in [-0.39, 0.29) is 5.41 Å². The number of aromatic nitrogens is 1. The molecular weight excluding hydrogens is 875 g/mol. The number of para-hydroxylation sites is 1. The standard InChI is InChI=1S/C69H47NS/c1-69(2)63-30-13-12-25-57(63)58-34-31-50(43-64(58)69)48-32-35-65-61(41-48)62-42-49(33-36-66(62)70(65)54-23-10-5-11-24-54)52-38-51(47-22-14-21-46(37-47)44-17-6-3-7-18-44)39-53(40-52)56-27-16-29-60-59-28-15-26-55(67(59)71-68(56)60)45-19-8-4-9-20-45/h3-43H,1-2H3. The van der Waals surface area contributed by atoms with E-state index in [1.807, 2.05) is 11.3 Å². The summed E-state index contributed by atoms with van der Waals surface area (Å²) >= 11 is 1.91. The number of thiophene rings is 1. The van der Waals surface area contributed by atoms with E-state index in [0.717, 1.165) is 5.69 Å². The monoisotopic (exact) mass is 921 g/mol. The summed E-state index contributed by atoms with van der Waals surface area (Å²) in [4.78, 5) is 0. The summed E-state index contributed by atoms with van der Waals surface area (Å²) in [6.07, 6.45) is 0. The van der Waals surface area contributed by atoms with Crippen LogP contribution >= 0.6 is 11.3 Å². The van der Waals surface area contributed by atoms with Crippen molar-refractivity contribution in [2.45, 2.75) is 19.3 Å². The third-order valence-electron chi connectivity index (χ3n) is 15.2. The lowest BCUT2D eigenvalue weighted by atomic mass is 9.81. The Morgan fingerprint density at radius 2 is 0.718 bits per heavy atom. The molecule has 0 amide bonds. The van der Waals surface area contributed by atoms with Gasteiger partial charge in [-0.25, -0.2) is 0 Å². The number of fused-ring (bicyclic) bond motifs is 9. The molecule has 2 heterocycles. The molecule has 0 radical (unpaired) electrons.